The van der Waals surface area contributed by atoms with E-state index in [1.807, 2.05) is 43.3 Å². The van der Waals surface area contributed by atoms with E-state index in [9.17, 15) is 8.42 Å². The third-order valence-corrected chi connectivity index (χ3v) is 8.05. The molecule has 5 nitrogen and oxygen atoms in total. The number of nitrogens with zero attached hydrogens (tertiary/aromatic N) is 1. The molecule has 2 aromatic carbocycles. The zero-order valence-corrected chi connectivity index (χ0v) is 19.5. The Kier molecular flexibility index (Phi) is 7.40. The average Bonchev–Trinajstić information content (AvgIpc) is 2.84. The van der Waals surface area contributed by atoms with Crippen LogP contribution in [0.5, 0.6) is 5.75 Å². The van der Waals surface area contributed by atoms with E-state index >= 15 is 0 Å². The van der Waals surface area contributed by atoms with Gasteiger partial charge >= 0.3 is 0 Å². The van der Waals surface area contributed by atoms with Crippen molar-refractivity contribution in [1.82, 2.24) is 5.32 Å². The number of unbranched alkanes of at least 4 members (excludes halogenated alkanes) is 2. The number of rotatable bonds is 8. The molecule has 31 heavy (non-hydrogen) atoms. The Labute approximate surface area is 186 Å². The number of nitriles is 1. The summed E-state index contributed by atoms with van der Waals surface area (Å²) >= 11 is 0. The summed E-state index contributed by atoms with van der Waals surface area (Å²) in [7, 11) is -1.91. The second-order valence-electron chi connectivity index (χ2n) is 8.62. The molecular formula is C25H32N2O3S. The fraction of sp³-hybridized carbons (Fsp3) is 0.480. The SMILES string of the molecule is CCCC[C@]1(C)CS(=O)(=O)c2cc(CCCC#N)c(OC)cc2[C@@H](c2ccccc2)N1. The van der Waals surface area contributed by atoms with E-state index in [0.717, 1.165) is 36.0 Å². The van der Waals surface area contributed by atoms with Crippen LogP contribution >= 0.6 is 0 Å². The van der Waals surface area contributed by atoms with E-state index in [2.05, 4.69) is 18.3 Å². The van der Waals surface area contributed by atoms with Crippen molar-refractivity contribution in [2.75, 3.05) is 12.9 Å². The first-order chi connectivity index (χ1) is 14.8. The molecule has 1 aliphatic rings. The molecule has 166 valence electrons. The predicted octanol–water partition coefficient (Wildman–Crippen LogP) is 4.96. The summed E-state index contributed by atoms with van der Waals surface area (Å²) < 4.78 is 32.8. The molecule has 1 aliphatic heterocycles. The molecule has 0 spiro atoms. The summed E-state index contributed by atoms with van der Waals surface area (Å²) in [6.45, 7) is 4.14. The number of fused-ring (bicyclic) bond motifs is 1. The fourth-order valence-electron chi connectivity index (χ4n) is 4.44. The number of benzene rings is 2. The summed E-state index contributed by atoms with van der Waals surface area (Å²) in [4.78, 5) is 0.377. The predicted molar refractivity (Wildman–Crippen MR) is 123 cm³/mol. The van der Waals surface area contributed by atoms with Crippen molar-refractivity contribution in [3.05, 3.63) is 59.2 Å². The maximum atomic E-state index is 13.6. The minimum atomic E-state index is -3.52. The van der Waals surface area contributed by atoms with Crippen molar-refractivity contribution in [3.8, 4) is 11.8 Å². The first-order valence-electron chi connectivity index (χ1n) is 11.0. The van der Waals surface area contributed by atoms with Crippen LogP contribution in [0, 0.1) is 11.3 Å². The van der Waals surface area contributed by atoms with Crippen LogP contribution in [-0.2, 0) is 16.3 Å². The molecule has 1 heterocycles. The van der Waals surface area contributed by atoms with Crippen LogP contribution in [0.25, 0.3) is 0 Å². The molecule has 0 unspecified atom stereocenters. The van der Waals surface area contributed by atoms with Crippen molar-refractivity contribution >= 4 is 9.84 Å². The van der Waals surface area contributed by atoms with Crippen molar-refractivity contribution < 1.29 is 13.2 Å². The van der Waals surface area contributed by atoms with Crippen molar-refractivity contribution in [2.24, 2.45) is 0 Å². The molecule has 1 N–H and O–H groups in total. The Balaban J connectivity index is 2.18. The van der Waals surface area contributed by atoms with Crippen LogP contribution in [0.15, 0.2) is 47.4 Å². The van der Waals surface area contributed by atoms with E-state index in [-0.39, 0.29) is 11.8 Å². The van der Waals surface area contributed by atoms with Crippen molar-refractivity contribution in [1.29, 1.82) is 5.26 Å². The standard InChI is InChI=1S/C25H32N2O3S/c1-4-5-14-25(2)18-31(28,29)23-16-20(13-9-10-15-26)22(30-3)17-21(23)24(27-25)19-11-7-6-8-12-19/h6-8,11-12,16-17,24,27H,4-5,9-10,13-14,18H2,1-3H3/t24-,25-/m1/s1. The Hall–Kier alpha value is -2.36. The number of sulfone groups is 1. The van der Waals surface area contributed by atoms with Crippen LogP contribution in [0.2, 0.25) is 0 Å². The highest BCUT2D eigenvalue weighted by Gasteiger charge is 2.40. The van der Waals surface area contributed by atoms with Crippen molar-refractivity contribution in [2.45, 2.75) is 68.8 Å². The van der Waals surface area contributed by atoms with Gasteiger partial charge in [-0.25, -0.2) is 8.42 Å². The number of methoxy groups -OCH3 is 1. The molecule has 0 aliphatic carbocycles. The third-order valence-electron chi connectivity index (χ3n) is 6.01. The Morgan fingerprint density at radius 2 is 1.97 bits per heavy atom. The van der Waals surface area contributed by atoms with Crippen LogP contribution in [-0.4, -0.2) is 26.8 Å². The Morgan fingerprint density at radius 3 is 2.61 bits per heavy atom. The zero-order valence-electron chi connectivity index (χ0n) is 18.6. The number of hydrogen-bond donors (Lipinski definition) is 1. The number of hydrogen-bond acceptors (Lipinski definition) is 5. The maximum Gasteiger partial charge on any atom is 0.180 e. The van der Waals surface area contributed by atoms with Gasteiger partial charge in [0, 0.05) is 12.0 Å². The lowest BCUT2D eigenvalue weighted by Gasteiger charge is -2.33. The Morgan fingerprint density at radius 1 is 1.23 bits per heavy atom. The topological polar surface area (TPSA) is 79.2 Å². The van der Waals surface area contributed by atoms with Gasteiger partial charge in [0.2, 0.25) is 0 Å². The van der Waals surface area contributed by atoms with Gasteiger partial charge in [-0.05, 0) is 55.0 Å². The Bertz CT molecular complexity index is 1040. The lowest BCUT2D eigenvalue weighted by atomic mass is 9.90. The molecule has 0 bridgehead atoms. The molecule has 2 atom stereocenters. The van der Waals surface area contributed by atoms with Gasteiger partial charge in [-0.1, -0.05) is 50.1 Å². The highest BCUT2D eigenvalue weighted by Crippen LogP contribution is 2.40. The summed E-state index contributed by atoms with van der Waals surface area (Å²) in [5, 5.41) is 12.6. The van der Waals surface area contributed by atoms with E-state index < -0.39 is 15.4 Å². The van der Waals surface area contributed by atoms with Gasteiger partial charge in [0.05, 0.1) is 29.9 Å². The smallest absolute Gasteiger partial charge is 0.180 e. The van der Waals surface area contributed by atoms with E-state index in [1.165, 1.54) is 0 Å². The van der Waals surface area contributed by atoms with E-state index in [4.69, 9.17) is 10.00 Å². The number of nitrogens with one attached hydrogen (secondary N) is 1. The largest absolute Gasteiger partial charge is 0.496 e. The number of aryl methyl sites for hydroxylation is 1. The summed E-state index contributed by atoms with van der Waals surface area (Å²) in [5.74, 6) is 0.729. The van der Waals surface area contributed by atoms with Crippen LogP contribution in [0.4, 0.5) is 0 Å². The second-order valence-corrected chi connectivity index (χ2v) is 10.6. The molecule has 6 heteroatoms. The second kappa shape index (κ2) is 9.84. The lowest BCUT2D eigenvalue weighted by molar-refractivity contribution is 0.331. The van der Waals surface area contributed by atoms with E-state index in [0.29, 0.717) is 29.9 Å². The minimum absolute atomic E-state index is 0.0559. The average molecular weight is 441 g/mol. The summed E-state index contributed by atoms with van der Waals surface area (Å²) in [6, 6.07) is 15.6. The van der Waals surface area contributed by atoms with Gasteiger partial charge in [0.1, 0.15) is 5.75 Å². The van der Waals surface area contributed by atoms with Gasteiger partial charge < -0.3 is 4.74 Å². The molecule has 3 rings (SSSR count). The van der Waals surface area contributed by atoms with Crippen molar-refractivity contribution in [3.63, 3.8) is 0 Å². The molecule has 0 fully saturated rings. The van der Waals surface area contributed by atoms with Crippen LogP contribution < -0.4 is 10.1 Å². The van der Waals surface area contributed by atoms with E-state index in [1.54, 1.807) is 13.2 Å². The highest BCUT2D eigenvalue weighted by molar-refractivity contribution is 7.91. The maximum absolute atomic E-state index is 13.6. The quantitative estimate of drug-likeness (QED) is 0.587. The molecule has 0 aromatic heterocycles. The molecule has 0 saturated heterocycles. The van der Waals surface area contributed by atoms with Crippen LogP contribution in [0.3, 0.4) is 0 Å². The minimum Gasteiger partial charge on any atom is -0.496 e. The highest BCUT2D eigenvalue weighted by atomic mass is 32.2. The summed E-state index contributed by atoms with van der Waals surface area (Å²) in [6.07, 6.45) is 4.45. The molecule has 0 radical (unpaired) electrons. The molecule has 2 aromatic rings. The van der Waals surface area contributed by atoms with Gasteiger partial charge in [0.25, 0.3) is 0 Å². The lowest BCUT2D eigenvalue weighted by Crippen LogP contribution is -2.47. The van der Waals surface area contributed by atoms with Gasteiger partial charge in [0.15, 0.2) is 9.84 Å². The fourth-order valence-corrected chi connectivity index (χ4v) is 6.52. The van der Waals surface area contributed by atoms with Crippen LogP contribution in [0.1, 0.15) is 68.7 Å². The molecule has 0 amide bonds. The monoisotopic (exact) mass is 440 g/mol. The third kappa shape index (κ3) is 5.28. The first kappa shape index (κ1) is 23.3. The summed E-state index contributed by atoms with van der Waals surface area (Å²) in [5.41, 5.74) is 2.06. The number of ether oxygens (including phenoxy) is 1. The van der Waals surface area contributed by atoms with Gasteiger partial charge in [-0.2, -0.15) is 5.26 Å². The molecular weight excluding hydrogens is 408 g/mol. The normalized spacial score (nSPS) is 22.2. The molecule has 0 saturated carbocycles. The first-order valence-corrected chi connectivity index (χ1v) is 12.6. The van der Waals surface area contributed by atoms with Gasteiger partial charge in [-0.3, -0.25) is 5.32 Å². The zero-order chi connectivity index (χ0) is 22.5. The van der Waals surface area contributed by atoms with Gasteiger partial charge in [-0.15, -0.1) is 0 Å².